The van der Waals surface area contributed by atoms with Crippen molar-refractivity contribution in [3.8, 4) is 5.88 Å². The van der Waals surface area contributed by atoms with Gasteiger partial charge in [0.25, 0.3) is 0 Å². The summed E-state index contributed by atoms with van der Waals surface area (Å²) in [5.41, 5.74) is 4.42. The number of hydrogen-bond acceptors (Lipinski definition) is 7. The fraction of sp³-hybridized carbons (Fsp3) is 0.333. The standard InChI is InChI=1S/C30H30ClFN6O3S/c1-2-37-18-33-14-22(37)13-26-25(35-30-38(26)16-27(42-30)29(39)40)15-36-10-8-19(9-11-36)24-4-3-5-28(34-24)41-17-20-6-7-21(31)12-23(20)32/h3-7,12,14,16,18-19H,2,8-11,13,15,17H2,1H3,(H,39,40). The number of pyridine rings is 1. The van der Waals surface area contributed by atoms with Crippen molar-refractivity contribution < 1.29 is 19.0 Å². The lowest BCUT2D eigenvalue weighted by Gasteiger charge is -2.31. The fourth-order valence-electron chi connectivity index (χ4n) is 5.43. The number of rotatable bonds is 10. The number of likely N-dealkylation sites (tertiary alicyclic amines) is 1. The third-order valence-corrected chi connectivity index (χ3v) is 8.93. The molecule has 4 aromatic heterocycles. The summed E-state index contributed by atoms with van der Waals surface area (Å²) in [6.07, 6.45) is 7.84. The Hall–Kier alpha value is -3.80. The van der Waals surface area contributed by atoms with Gasteiger partial charge < -0.3 is 14.4 Å². The number of aromatic nitrogens is 5. The monoisotopic (exact) mass is 608 g/mol. The van der Waals surface area contributed by atoms with Crippen LogP contribution in [0.5, 0.6) is 5.88 Å². The molecule has 1 aliphatic heterocycles. The highest BCUT2D eigenvalue weighted by Crippen LogP contribution is 2.30. The van der Waals surface area contributed by atoms with Crippen LogP contribution in [0.4, 0.5) is 4.39 Å². The first-order chi connectivity index (χ1) is 20.4. The summed E-state index contributed by atoms with van der Waals surface area (Å²) in [5, 5.41) is 9.87. The van der Waals surface area contributed by atoms with E-state index in [1.54, 1.807) is 24.4 Å². The number of benzene rings is 1. The molecule has 0 aliphatic carbocycles. The van der Waals surface area contributed by atoms with Gasteiger partial charge in [0, 0.05) is 65.9 Å². The lowest BCUT2D eigenvalue weighted by molar-refractivity contribution is 0.0701. The Balaban J connectivity index is 1.12. The minimum Gasteiger partial charge on any atom is -0.477 e. The number of aryl methyl sites for hydroxylation is 1. The zero-order valence-electron chi connectivity index (χ0n) is 23.0. The van der Waals surface area contributed by atoms with Crippen molar-refractivity contribution in [1.29, 1.82) is 0 Å². The van der Waals surface area contributed by atoms with Crippen molar-refractivity contribution in [2.75, 3.05) is 13.1 Å². The van der Waals surface area contributed by atoms with Gasteiger partial charge in [-0.3, -0.25) is 9.30 Å². The van der Waals surface area contributed by atoms with Crippen LogP contribution >= 0.6 is 22.9 Å². The first kappa shape index (κ1) is 28.3. The summed E-state index contributed by atoms with van der Waals surface area (Å²) in [5.74, 6) is -0.581. The number of carboxylic acid groups (broad SMARTS) is 1. The van der Waals surface area contributed by atoms with E-state index in [-0.39, 0.29) is 11.5 Å². The minimum atomic E-state index is -0.945. The maximum atomic E-state index is 14.1. The molecule has 218 valence electrons. The highest BCUT2D eigenvalue weighted by molar-refractivity contribution is 7.18. The predicted molar refractivity (Wildman–Crippen MR) is 158 cm³/mol. The number of aromatic carboxylic acids is 1. The van der Waals surface area contributed by atoms with E-state index < -0.39 is 11.8 Å². The number of piperidine rings is 1. The number of halogens is 2. The Bertz CT molecular complexity index is 1730. The predicted octanol–water partition coefficient (Wildman–Crippen LogP) is 6.05. The second-order valence-corrected chi connectivity index (χ2v) is 11.8. The SMILES string of the molecule is CCn1cncc1Cc1c(CN2CCC(c3cccc(OCc4ccc(Cl)cc4F)n3)CC2)nc2sc(C(=O)O)cn12. The Morgan fingerprint density at radius 3 is 2.81 bits per heavy atom. The molecule has 5 aromatic rings. The van der Waals surface area contributed by atoms with Gasteiger partial charge in [0.2, 0.25) is 5.88 Å². The van der Waals surface area contributed by atoms with E-state index >= 15 is 0 Å². The van der Waals surface area contributed by atoms with E-state index in [2.05, 4.69) is 21.4 Å². The molecule has 0 bridgehead atoms. The van der Waals surface area contributed by atoms with Crippen molar-refractivity contribution >= 4 is 33.9 Å². The molecule has 0 saturated carbocycles. The van der Waals surface area contributed by atoms with Crippen molar-refractivity contribution in [3.63, 3.8) is 0 Å². The molecular formula is C30H30ClFN6O3S. The van der Waals surface area contributed by atoms with Gasteiger partial charge in [0.05, 0.1) is 17.7 Å². The highest BCUT2D eigenvalue weighted by atomic mass is 35.5. The van der Waals surface area contributed by atoms with Crippen LogP contribution in [0.15, 0.2) is 55.1 Å². The molecule has 1 saturated heterocycles. The Morgan fingerprint density at radius 1 is 1.21 bits per heavy atom. The molecule has 0 spiro atoms. The minimum absolute atomic E-state index is 0.0787. The normalized spacial score (nSPS) is 14.5. The smallest absolute Gasteiger partial charge is 0.347 e. The van der Waals surface area contributed by atoms with Crippen LogP contribution in [0.1, 0.15) is 63.7 Å². The lowest BCUT2D eigenvalue weighted by atomic mass is 9.93. The zero-order chi connectivity index (χ0) is 29.2. The van der Waals surface area contributed by atoms with Crippen LogP contribution in [-0.2, 0) is 26.1 Å². The summed E-state index contributed by atoms with van der Waals surface area (Å²) < 4.78 is 24.0. The first-order valence-corrected chi connectivity index (χ1v) is 15.1. The van der Waals surface area contributed by atoms with E-state index in [0.29, 0.717) is 40.3 Å². The summed E-state index contributed by atoms with van der Waals surface area (Å²) in [6, 6.07) is 10.3. The number of carboxylic acids is 1. The van der Waals surface area contributed by atoms with Crippen LogP contribution in [0, 0.1) is 5.82 Å². The van der Waals surface area contributed by atoms with Gasteiger partial charge in [-0.1, -0.05) is 35.1 Å². The molecule has 42 heavy (non-hydrogen) atoms. The zero-order valence-corrected chi connectivity index (χ0v) is 24.6. The molecule has 6 rings (SSSR count). The number of fused-ring (bicyclic) bond motifs is 1. The Morgan fingerprint density at radius 2 is 2.05 bits per heavy atom. The van der Waals surface area contributed by atoms with Gasteiger partial charge in [0.15, 0.2) is 4.96 Å². The number of nitrogens with zero attached hydrogens (tertiary/aromatic N) is 6. The quantitative estimate of drug-likeness (QED) is 0.206. The summed E-state index contributed by atoms with van der Waals surface area (Å²) >= 11 is 7.04. The second kappa shape index (κ2) is 12.2. The molecule has 5 heterocycles. The van der Waals surface area contributed by atoms with Crippen molar-refractivity contribution in [3.05, 3.63) is 99.2 Å². The van der Waals surface area contributed by atoms with Gasteiger partial charge in [-0.15, -0.1) is 0 Å². The molecule has 0 radical (unpaired) electrons. The van der Waals surface area contributed by atoms with E-state index in [1.165, 1.54) is 17.4 Å². The number of ether oxygens (including phenoxy) is 1. The van der Waals surface area contributed by atoms with Crippen LogP contribution in [0.25, 0.3) is 4.96 Å². The van der Waals surface area contributed by atoms with Crippen LogP contribution in [0.2, 0.25) is 5.02 Å². The van der Waals surface area contributed by atoms with Crippen molar-refractivity contribution in [2.24, 2.45) is 0 Å². The molecule has 12 heteroatoms. The summed E-state index contributed by atoms with van der Waals surface area (Å²) in [4.78, 5) is 28.9. The maximum Gasteiger partial charge on any atom is 0.347 e. The largest absolute Gasteiger partial charge is 0.477 e. The average molecular weight is 609 g/mol. The molecule has 0 amide bonds. The van der Waals surface area contributed by atoms with E-state index in [4.69, 9.17) is 26.3 Å². The second-order valence-electron chi connectivity index (χ2n) is 10.4. The molecule has 1 N–H and O–H groups in total. The van der Waals surface area contributed by atoms with Gasteiger partial charge in [-0.05, 0) is 51.1 Å². The van der Waals surface area contributed by atoms with Crippen molar-refractivity contribution in [1.82, 2.24) is 28.8 Å². The maximum absolute atomic E-state index is 14.1. The van der Waals surface area contributed by atoms with Gasteiger partial charge in [0.1, 0.15) is 17.3 Å². The molecule has 1 aromatic carbocycles. The highest BCUT2D eigenvalue weighted by Gasteiger charge is 2.25. The molecule has 0 unspecified atom stereocenters. The summed E-state index contributed by atoms with van der Waals surface area (Å²) in [6.45, 7) is 5.40. The number of thiazole rings is 1. The van der Waals surface area contributed by atoms with Crippen LogP contribution < -0.4 is 4.74 Å². The van der Waals surface area contributed by atoms with E-state index in [9.17, 15) is 14.3 Å². The number of imidazole rings is 2. The third-order valence-electron chi connectivity index (χ3n) is 7.72. The van der Waals surface area contributed by atoms with E-state index in [0.717, 1.165) is 55.3 Å². The average Bonchev–Trinajstić information content (AvgIpc) is 3.69. The molecule has 9 nitrogen and oxygen atoms in total. The lowest BCUT2D eigenvalue weighted by Crippen LogP contribution is -2.33. The fourth-order valence-corrected chi connectivity index (χ4v) is 6.45. The van der Waals surface area contributed by atoms with Crippen LogP contribution in [0.3, 0.4) is 0 Å². The molecular weight excluding hydrogens is 579 g/mol. The van der Waals surface area contributed by atoms with Crippen LogP contribution in [-0.4, -0.2) is 53.0 Å². The van der Waals surface area contributed by atoms with Gasteiger partial charge in [-0.25, -0.2) is 24.1 Å². The van der Waals surface area contributed by atoms with Gasteiger partial charge >= 0.3 is 5.97 Å². The molecule has 1 fully saturated rings. The van der Waals surface area contributed by atoms with E-state index in [1.807, 2.05) is 29.1 Å². The summed E-state index contributed by atoms with van der Waals surface area (Å²) in [7, 11) is 0. The number of carbonyl (C=O) groups is 1. The van der Waals surface area contributed by atoms with Crippen molar-refractivity contribution in [2.45, 2.75) is 51.8 Å². The first-order valence-electron chi connectivity index (χ1n) is 13.9. The Kier molecular flexibility index (Phi) is 8.23. The number of hydrogen-bond donors (Lipinski definition) is 1. The van der Waals surface area contributed by atoms with Gasteiger partial charge in [-0.2, -0.15) is 0 Å². The topological polar surface area (TPSA) is 97.8 Å². The molecule has 1 aliphatic rings. The third kappa shape index (κ3) is 6.04. The Labute approximate surface area is 251 Å². The molecule has 0 atom stereocenters.